The van der Waals surface area contributed by atoms with Crippen molar-refractivity contribution in [1.82, 2.24) is 10.6 Å². The molecule has 1 heterocycles. The fourth-order valence-corrected chi connectivity index (χ4v) is 1.62. The van der Waals surface area contributed by atoms with E-state index in [0.717, 1.165) is 19.5 Å². The molecule has 3 heteroatoms. The van der Waals surface area contributed by atoms with Crippen molar-refractivity contribution in [2.45, 2.75) is 13.3 Å². The minimum absolute atomic E-state index is 0.229. The Balaban J connectivity index is 2.39. The van der Waals surface area contributed by atoms with Crippen molar-refractivity contribution in [3.05, 3.63) is 0 Å². The molecule has 1 fully saturated rings. The molecule has 0 aromatic rings. The summed E-state index contributed by atoms with van der Waals surface area (Å²) in [6, 6.07) is 0. The van der Waals surface area contributed by atoms with Gasteiger partial charge in [0.15, 0.2) is 0 Å². The van der Waals surface area contributed by atoms with Gasteiger partial charge in [0.1, 0.15) is 0 Å². The topological polar surface area (TPSA) is 41.1 Å². The van der Waals surface area contributed by atoms with E-state index in [1.54, 1.807) is 0 Å². The zero-order chi connectivity index (χ0) is 8.27. The van der Waals surface area contributed by atoms with E-state index in [2.05, 4.69) is 17.6 Å². The van der Waals surface area contributed by atoms with Crippen molar-refractivity contribution in [2.24, 2.45) is 11.8 Å². The van der Waals surface area contributed by atoms with Crippen LogP contribution in [0.3, 0.4) is 0 Å². The second-order valence-corrected chi connectivity index (χ2v) is 3.22. The minimum Gasteiger partial charge on any atom is -0.356 e. The maximum atomic E-state index is 11.2. The van der Waals surface area contributed by atoms with Crippen LogP contribution >= 0.6 is 0 Å². The van der Waals surface area contributed by atoms with Crippen LogP contribution in [0, 0.1) is 11.8 Å². The van der Waals surface area contributed by atoms with Gasteiger partial charge in [0.2, 0.25) is 5.91 Å². The third-order valence-electron chi connectivity index (χ3n) is 2.30. The average molecular weight is 156 g/mol. The van der Waals surface area contributed by atoms with Gasteiger partial charge in [0, 0.05) is 12.5 Å². The number of hydrogen-bond donors (Lipinski definition) is 2. The summed E-state index contributed by atoms with van der Waals surface area (Å²) >= 11 is 0. The Labute approximate surface area is 67.5 Å². The van der Waals surface area contributed by atoms with Crippen LogP contribution in [0.5, 0.6) is 0 Å². The lowest BCUT2D eigenvalue weighted by molar-refractivity contribution is -0.123. The number of amides is 1. The highest BCUT2D eigenvalue weighted by Crippen LogP contribution is 2.18. The Morgan fingerprint density at radius 1 is 1.82 bits per heavy atom. The SMILES string of the molecule is CNCC(C)C1CCNC1=O. The van der Waals surface area contributed by atoms with Gasteiger partial charge < -0.3 is 10.6 Å². The number of carbonyl (C=O) groups excluding carboxylic acids is 1. The monoisotopic (exact) mass is 156 g/mol. The highest BCUT2D eigenvalue weighted by atomic mass is 16.2. The molecule has 0 saturated carbocycles. The van der Waals surface area contributed by atoms with Crippen molar-refractivity contribution in [3.63, 3.8) is 0 Å². The highest BCUT2D eigenvalue weighted by Gasteiger charge is 2.28. The van der Waals surface area contributed by atoms with Crippen molar-refractivity contribution >= 4 is 5.91 Å². The van der Waals surface area contributed by atoms with E-state index in [-0.39, 0.29) is 11.8 Å². The third kappa shape index (κ3) is 1.93. The molecule has 0 aliphatic carbocycles. The molecule has 2 N–H and O–H groups in total. The summed E-state index contributed by atoms with van der Waals surface area (Å²) < 4.78 is 0. The first-order chi connectivity index (χ1) is 5.25. The van der Waals surface area contributed by atoms with Crippen LogP contribution in [0.2, 0.25) is 0 Å². The van der Waals surface area contributed by atoms with Gasteiger partial charge in [-0.05, 0) is 25.9 Å². The van der Waals surface area contributed by atoms with E-state index < -0.39 is 0 Å². The fraction of sp³-hybridized carbons (Fsp3) is 0.875. The Bertz CT molecular complexity index is 147. The molecule has 1 rings (SSSR count). The molecular weight excluding hydrogens is 140 g/mol. The third-order valence-corrected chi connectivity index (χ3v) is 2.30. The highest BCUT2D eigenvalue weighted by molar-refractivity contribution is 5.80. The van der Waals surface area contributed by atoms with Crippen LogP contribution in [0.4, 0.5) is 0 Å². The summed E-state index contributed by atoms with van der Waals surface area (Å²) in [7, 11) is 1.92. The van der Waals surface area contributed by atoms with Crippen LogP contribution in [0.15, 0.2) is 0 Å². The maximum absolute atomic E-state index is 11.2. The molecule has 0 spiro atoms. The largest absolute Gasteiger partial charge is 0.356 e. The summed E-state index contributed by atoms with van der Waals surface area (Å²) in [4.78, 5) is 11.2. The molecule has 1 amide bonds. The Morgan fingerprint density at radius 3 is 3.00 bits per heavy atom. The van der Waals surface area contributed by atoms with Gasteiger partial charge in [0.25, 0.3) is 0 Å². The molecule has 11 heavy (non-hydrogen) atoms. The lowest BCUT2D eigenvalue weighted by Gasteiger charge is -2.15. The summed E-state index contributed by atoms with van der Waals surface area (Å²) in [5.41, 5.74) is 0. The normalized spacial score (nSPS) is 26.7. The zero-order valence-electron chi connectivity index (χ0n) is 7.18. The number of nitrogens with one attached hydrogen (secondary N) is 2. The van der Waals surface area contributed by atoms with Gasteiger partial charge in [0.05, 0.1) is 0 Å². The Morgan fingerprint density at radius 2 is 2.55 bits per heavy atom. The van der Waals surface area contributed by atoms with E-state index in [9.17, 15) is 4.79 Å². The Kier molecular flexibility index (Phi) is 2.88. The van der Waals surface area contributed by atoms with Crippen molar-refractivity contribution in [1.29, 1.82) is 0 Å². The van der Waals surface area contributed by atoms with Crippen LogP contribution in [0.25, 0.3) is 0 Å². The van der Waals surface area contributed by atoms with E-state index in [0.29, 0.717) is 5.92 Å². The van der Waals surface area contributed by atoms with Crippen molar-refractivity contribution in [2.75, 3.05) is 20.1 Å². The molecule has 1 aliphatic heterocycles. The number of rotatable bonds is 3. The molecule has 3 nitrogen and oxygen atoms in total. The molecule has 0 aromatic carbocycles. The van der Waals surface area contributed by atoms with Crippen LogP contribution in [-0.4, -0.2) is 26.0 Å². The molecule has 1 aliphatic rings. The summed E-state index contributed by atoms with van der Waals surface area (Å²) in [6.45, 7) is 3.90. The zero-order valence-corrected chi connectivity index (χ0v) is 7.18. The quantitative estimate of drug-likeness (QED) is 0.603. The van der Waals surface area contributed by atoms with E-state index in [1.807, 2.05) is 7.05 Å². The van der Waals surface area contributed by atoms with E-state index >= 15 is 0 Å². The van der Waals surface area contributed by atoms with Gasteiger partial charge in [-0.3, -0.25) is 4.79 Å². The molecular formula is C8H16N2O. The Hall–Kier alpha value is -0.570. The maximum Gasteiger partial charge on any atom is 0.223 e. The first-order valence-electron chi connectivity index (χ1n) is 4.18. The molecule has 64 valence electrons. The molecule has 0 bridgehead atoms. The van der Waals surface area contributed by atoms with Crippen molar-refractivity contribution in [3.8, 4) is 0 Å². The second kappa shape index (κ2) is 3.72. The van der Waals surface area contributed by atoms with Gasteiger partial charge in [-0.25, -0.2) is 0 Å². The average Bonchev–Trinajstić information content (AvgIpc) is 2.36. The smallest absolute Gasteiger partial charge is 0.223 e. The van der Waals surface area contributed by atoms with Gasteiger partial charge in [-0.2, -0.15) is 0 Å². The van der Waals surface area contributed by atoms with Crippen molar-refractivity contribution < 1.29 is 4.79 Å². The molecule has 0 radical (unpaired) electrons. The van der Waals surface area contributed by atoms with Gasteiger partial charge in [-0.15, -0.1) is 0 Å². The lowest BCUT2D eigenvalue weighted by atomic mass is 9.93. The molecule has 2 unspecified atom stereocenters. The van der Waals surface area contributed by atoms with E-state index in [4.69, 9.17) is 0 Å². The summed E-state index contributed by atoms with van der Waals surface area (Å²) in [5.74, 6) is 0.928. The van der Waals surface area contributed by atoms with Gasteiger partial charge >= 0.3 is 0 Å². The molecule has 1 saturated heterocycles. The number of carbonyl (C=O) groups is 1. The van der Waals surface area contributed by atoms with Crippen LogP contribution in [0.1, 0.15) is 13.3 Å². The summed E-state index contributed by atoms with van der Waals surface area (Å²) in [5, 5.41) is 5.93. The predicted molar refractivity (Wildman–Crippen MR) is 44.2 cm³/mol. The predicted octanol–water partition coefficient (Wildman–Crippen LogP) is -0.0220. The minimum atomic E-state index is 0.229. The first kappa shape index (κ1) is 8.53. The standard InChI is InChI=1S/C8H16N2O/c1-6(5-9-2)7-3-4-10-8(7)11/h6-7,9H,3-5H2,1-2H3,(H,10,11). The summed E-state index contributed by atoms with van der Waals surface area (Å²) in [6.07, 6.45) is 1.00. The molecule has 2 atom stereocenters. The number of hydrogen-bond acceptors (Lipinski definition) is 2. The first-order valence-corrected chi connectivity index (χ1v) is 4.18. The van der Waals surface area contributed by atoms with Crippen LogP contribution < -0.4 is 10.6 Å². The lowest BCUT2D eigenvalue weighted by Crippen LogP contribution is -2.29. The second-order valence-electron chi connectivity index (χ2n) is 3.22. The van der Waals surface area contributed by atoms with E-state index in [1.165, 1.54) is 0 Å². The van der Waals surface area contributed by atoms with Crippen LogP contribution in [-0.2, 0) is 4.79 Å². The fourth-order valence-electron chi connectivity index (χ4n) is 1.62. The molecule has 0 aromatic heterocycles. The van der Waals surface area contributed by atoms with Gasteiger partial charge in [-0.1, -0.05) is 6.92 Å².